The maximum absolute atomic E-state index is 12.9. The molecule has 8 heteroatoms. The number of aromatic nitrogens is 1. The van der Waals surface area contributed by atoms with Gasteiger partial charge in [0.2, 0.25) is 10.0 Å². The van der Waals surface area contributed by atoms with Gasteiger partial charge in [-0.15, -0.1) is 11.3 Å². The average Bonchev–Trinajstić information content (AvgIpc) is 3.14. The number of fused-ring (bicyclic) bond motifs is 1. The second-order valence-corrected chi connectivity index (χ2v) is 10.2. The molecule has 0 saturated carbocycles. The van der Waals surface area contributed by atoms with Crippen molar-refractivity contribution in [1.29, 1.82) is 0 Å². The van der Waals surface area contributed by atoms with Crippen LogP contribution in [0.5, 0.6) is 5.75 Å². The molecule has 0 bridgehead atoms. The monoisotopic (exact) mass is 393 g/mol. The Balaban J connectivity index is 1.52. The normalized spacial score (nSPS) is 23.0. The molecule has 1 aromatic carbocycles. The lowest BCUT2D eigenvalue weighted by atomic mass is 9.79. The van der Waals surface area contributed by atoms with Crippen LogP contribution in [0.4, 0.5) is 0 Å². The first-order valence-electron chi connectivity index (χ1n) is 8.78. The molecular weight excluding hydrogens is 370 g/mol. The van der Waals surface area contributed by atoms with E-state index in [4.69, 9.17) is 4.74 Å². The highest BCUT2D eigenvalue weighted by Crippen LogP contribution is 2.38. The fourth-order valence-corrected chi connectivity index (χ4v) is 5.86. The van der Waals surface area contributed by atoms with Crippen LogP contribution in [-0.4, -0.2) is 55.9 Å². The number of hydrogen-bond acceptors (Lipinski definition) is 6. The molecule has 4 rings (SSSR count). The van der Waals surface area contributed by atoms with Crippen LogP contribution >= 0.6 is 11.3 Å². The molecule has 0 unspecified atom stereocenters. The summed E-state index contributed by atoms with van der Waals surface area (Å²) >= 11 is 1.68. The highest BCUT2D eigenvalue weighted by molar-refractivity contribution is 7.89. The van der Waals surface area contributed by atoms with Crippen molar-refractivity contribution in [1.82, 2.24) is 14.2 Å². The van der Waals surface area contributed by atoms with Crippen molar-refractivity contribution >= 4 is 21.4 Å². The number of piperidine rings is 1. The summed E-state index contributed by atoms with van der Waals surface area (Å²) in [5.74, 6) is 0.462. The third-order valence-electron chi connectivity index (χ3n) is 5.39. The van der Waals surface area contributed by atoms with Crippen LogP contribution in [0.15, 0.2) is 40.7 Å². The summed E-state index contributed by atoms with van der Waals surface area (Å²) in [5, 5.41) is 3.13. The van der Waals surface area contributed by atoms with Crippen molar-refractivity contribution < 1.29 is 13.2 Å². The fraction of sp³-hybridized carbons (Fsp3) is 0.500. The quantitative estimate of drug-likeness (QED) is 0.784. The molecule has 0 N–H and O–H groups in total. The summed E-state index contributed by atoms with van der Waals surface area (Å²) in [5.41, 5.74) is -0.144. The Morgan fingerprint density at radius 2 is 2.04 bits per heavy atom. The smallest absolute Gasteiger partial charge is 0.246 e. The van der Waals surface area contributed by atoms with Gasteiger partial charge < -0.3 is 4.74 Å². The predicted octanol–water partition coefficient (Wildman–Crippen LogP) is 2.44. The maximum Gasteiger partial charge on any atom is 0.246 e. The molecule has 2 aromatic rings. The van der Waals surface area contributed by atoms with Gasteiger partial charge in [-0.1, -0.05) is 12.1 Å². The number of hydrogen-bond donors (Lipinski definition) is 0. The zero-order valence-electron chi connectivity index (χ0n) is 14.8. The van der Waals surface area contributed by atoms with Crippen molar-refractivity contribution in [2.45, 2.75) is 24.3 Å². The molecule has 0 atom stereocenters. The van der Waals surface area contributed by atoms with Crippen LogP contribution in [0.1, 0.15) is 17.8 Å². The molecular formula is C18H23N3O3S2. The number of benzene rings is 1. The molecule has 6 nitrogen and oxygen atoms in total. The van der Waals surface area contributed by atoms with Gasteiger partial charge in [0.05, 0.1) is 13.2 Å². The Bertz CT molecular complexity index is 860. The van der Waals surface area contributed by atoms with Gasteiger partial charge in [-0.2, -0.15) is 0 Å². The zero-order chi connectivity index (χ0) is 18.2. The largest absolute Gasteiger partial charge is 0.492 e. The van der Waals surface area contributed by atoms with Crippen molar-refractivity contribution in [2.24, 2.45) is 5.41 Å². The van der Waals surface area contributed by atoms with Crippen LogP contribution in [0.25, 0.3) is 0 Å². The second kappa shape index (κ2) is 6.92. The van der Waals surface area contributed by atoms with E-state index >= 15 is 0 Å². The number of para-hydroxylation sites is 1. The highest BCUT2D eigenvalue weighted by Gasteiger charge is 2.41. The van der Waals surface area contributed by atoms with Crippen molar-refractivity contribution in [3.05, 3.63) is 40.8 Å². The van der Waals surface area contributed by atoms with Crippen molar-refractivity contribution in [3.63, 3.8) is 0 Å². The third-order valence-corrected chi connectivity index (χ3v) is 8.00. The van der Waals surface area contributed by atoms with Gasteiger partial charge in [0.15, 0.2) is 0 Å². The van der Waals surface area contributed by atoms with Crippen LogP contribution in [0.2, 0.25) is 0 Å². The first kappa shape index (κ1) is 17.9. The SMILES string of the molecule is CN1CC2(CCN(Cc3nccs3)CC2)COc2ccccc2S1(=O)=O. The second-order valence-electron chi connectivity index (χ2n) is 7.20. The number of nitrogens with zero attached hydrogens (tertiary/aromatic N) is 3. The number of rotatable bonds is 2. The molecule has 0 radical (unpaired) electrons. The van der Waals surface area contributed by atoms with E-state index < -0.39 is 10.0 Å². The molecule has 1 spiro atoms. The summed E-state index contributed by atoms with van der Waals surface area (Å²) in [6.07, 6.45) is 3.67. The van der Waals surface area contributed by atoms with Crippen LogP contribution < -0.4 is 4.74 Å². The molecule has 0 aliphatic carbocycles. The van der Waals surface area contributed by atoms with E-state index in [9.17, 15) is 8.42 Å². The topological polar surface area (TPSA) is 62.7 Å². The van der Waals surface area contributed by atoms with E-state index in [1.807, 2.05) is 17.6 Å². The molecule has 1 aromatic heterocycles. The minimum absolute atomic E-state index is 0.144. The van der Waals surface area contributed by atoms with E-state index in [-0.39, 0.29) is 10.3 Å². The molecule has 1 fully saturated rings. The number of ether oxygens (including phenoxy) is 1. The Morgan fingerprint density at radius 3 is 2.77 bits per heavy atom. The van der Waals surface area contributed by atoms with E-state index in [1.54, 1.807) is 36.6 Å². The summed E-state index contributed by atoms with van der Waals surface area (Å²) in [6, 6.07) is 6.93. The zero-order valence-corrected chi connectivity index (χ0v) is 16.4. The first-order chi connectivity index (χ1) is 12.5. The fourth-order valence-electron chi connectivity index (χ4n) is 3.79. The average molecular weight is 394 g/mol. The van der Waals surface area contributed by atoms with Gasteiger partial charge in [-0.05, 0) is 38.1 Å². The lowest BCUT2D eigenvalue weighted by Crippen LogP contribution is -2.50. The summed E-state index contributed by atoms with van der Waals surface area (Å²) in [6.45, 7) is 3.77. The molecule has 2 aliphatic heterocycles. The van der Waals surface area contributed by atoms with E-state index in [1.165, 1.54) is 4.31 Å². The lowest BCUT2D eigenvalue weighted by Gasteiger charge is -2.44. The standard InChI is InChI=1S/C18H23N3O3S2/c1-20-13-18(6-9-21(10-7-18)12-17-19-8-11-25-17)14-24-15-4-2-3-5-16(15)26(20,22)23/h2-5,8,11H,6-7,9-10,12-14H2,1H3. The molecule has 1 saturated heterocycles. The number of sulfonamides is 1. The van der Waals surface area contributed by atoms with Crippen molar-refractivity contribution in [3.8, 4) is 5.75 Å². The molecule has 140 valence electrons. The third kappa shape index (κ3) is 3.38. The molecule has 2 aliphatic rings. The number of thiazole rings is 1. The Hall–Kier alpha value is -1.48. The van der Waals surface area contributed by atoms with E-state index in [0.29, 0.717) is 18.9 Å². The van der Waals surface area contributed by atoms with Gasteiger partial charge in [0.25, 0.3) is 0 Å². The molecule has 26 heavy (non-hydrogen) atoms. The summed E-state index contributed by atoms with van der Waals surface area (Å²) in [4.78, 5) is 7.02. The van der Waals surface area contributed by atoms with Gasteiger partial charge >= 0.3 is 0 Å². The minimum Gasteiger partial charge on any atom is -0.492 e. The Kier molecular flexibility index (Phi) is 4.77. The lowest BCUT2D eigenvalue weighted by molar-refractivity contribution is 0.0360. The summed E-state index contributed by atoms with van der Waals surface area (Å²) < 4.78 is 33.3. The minimum atomic E-state index is -3.52. The molecule has 3 heterocycles. The van der Waals surface area contributed by atoms with Gasteiger partial charge in [-0.3, -0.25) is 4.90 Å². The summed E-state index contributed by atoms with van der Waals surface area (Å²) in [7, 11) is -1.84. The van der Waals surface area contributed by atoms with E-state index in [0.717, 1.165) is 37.5 Å². The van der Waals surface area contributed by atoms with Crippen LogP contribution in [0.3, 0.4) is 0 Å². The van der Waals surface area contributed by atoms with Crippen LogP contribution in [-0.2, 0) is 16.6 Å². The first-order valence-corrected chi connectivity index (χ1v) is 11.1. The van der Waals surface area contributed by atoms with Gasteiger partial charge in [-0.25, -0.2) is 17.7 Å². The maximum atomic E-state index is 12.9. The predicted molar refractivity (Wildman–Crippen MR) is 101 cm³/mol. The van der Waals surface area contributed by atoms with Crippen molar-refractivity contribution in [2.75, 3.05) is 33.3 Å². The van der Waals surface area contributed by atoms with E-state index in [2.05, 4.69) is 9.88 Å². The van der Waals surface area contributed by atoms with Gasteiger partial charge in [0.1, 0.15) is 15.7 Å². The Labute approximate surface area is 158 Å². The Morgan fingerprint density at radius 1 is 1.27 bits per heavy atom. The molecule has 0 amide bonds. The highest BCUT2D eigenvalue weighted by atomic mass is 32.2. The number of likely N-dealkylation sites (tertiary alicyclic amines) is 1. The van der Waals surface area contributed by atoms with Gasteiger partial charge in [0, 0.05) is 30.6 Å². The van der Waals surface area contributed by atoms with Crippen LogP contribution in [0, 0.1) is 5.41 Å².